The number of halogens is 1. The predicted octanol–water partition coefficient (Wildman–Crippen LogP) is 3.07. The minimum atomic E-state index is -0.733. The Labute approximate surface area is 194 Å². The molecule has 1 fully saturated rings. The van der Waals surface area contributed by atoms with Crippen molar-refractivity contribution < 1.29 is 13.7 Å². The van der Waals surface area contributed by atoms with Crippen LogP contribution in [-0.2, 0) is 17.3 Å². The molecule has 0 amide bonds. The van der Waals surface area contributed by atoms with Crippen molar-refractivity contribution in [1.82, 2.24) is 10.6 Å². The molecule has 2 rings (SSSR count). The van der Waals surface area contributed by atoms with E-state index in [1.165, 1.54) is 0 Å². The summed E-state index contributed by atoms with van der Waals surface area (Å²) in [6.07, 6.45) is 9.42. The Bertz CT molecular complexity index is 736. The second-order valence-corrected chi connectivity index (χ2v) is 8.71. The Morgan fingerprint density at radius 3 is 2.83 bits per heavy atom. The van der Waals surface area contributed by atoms with E-state index >= 15 is 0 Å². The summed E-state index contributed by atoms with van der Waals surface area (Å²) < 4.78 is 23.0. The summed E-state index contributed by atoms with van der Waals surface area (Å²) in [6, 6.07) is 6.05. The van der Waals surface area contributed by atoms with Crippen LogP contribution in [0.25, 0.3) is 0 Å². The van der Waals surface area contributed by atoms with Gasteiger partial charge in [-0.1, -0.05) is 25.3 Å². The van der Waals surface area contributed by atoms with Gasteiger partial charge in [-0.15, -0.1) is 30.4 Å². The third-order valence-electron chi connectivity index (χ3n) is 4.85. The normalized spacial score (nSPS) is 20.0. The molecule has 1 saturated carbocycles. The van der Waals surface area contributed by atoms with Crippen LogP contribution < -0.4 is 20.1 Å². The van der Waals surface area contributed by atoms with Crippen molar-refractivity contribution in [2.24, 2.45) is 4.99 Å². The number of methoxy groups -OCH3 is 1. The van der Waals surface area contributed by atoms with Gasteiger partial charge in [0.1, 0.15) is 6.61 Å². The van der Waals surface area contributed by atoms with Gasteiger partial charge < -0.3 is 20.1 Å². The van der Waals surface area contributed by atoms with E-state index in [9.17, 15) is 4.21 Å². The van der Waals surface area contributed by atoms with Crippen molar-refractivity contribution in [1.29, 1.82) is 0 Å². The molecule has 0 saturated heterocycles. The number of aliphatic imine (C=N–C) groups is 1. The van der Waals surface area contributed by atoms with Crippen LogP contribution in [0.1, 0.15) is 38.2 Å². The maximum atomic E-state index is 12.1. The zero-order valence-electron chi connectivity index (χ0n) is 17.4. The first-order chi connectivity index (χ1) is 13.6. The summed E-state index contributed by atoms with van der Waals surface area (Å²) in [4.78, 5) is 4.33. The van der Waals surface area contributed by atoms with E-state index in [2.05, 4.69) is 21.5 Å². The molecule has 2 N–H and O–H groups in total. The summed E-state index contributed by atoms with van der Waals surface area (Å²) in [5.74, 6) is 5.21. The molecule has 0 heterocycles. The minimum Gasteiger partial charge on any atom is -0.493 e. The van der Waals surface area contributed by atoms with Crippen LogP contribution in [0.5, 0.6) is 11.5 Å². The zero-order valence-corrected chi connectivity index (χ0v) is 20.5. The largest absolute Gasteiger partial charge is 0.493 e. The molecule has 1 aromatic carbocycles. The molecular weight excluding hydrogens is 501 g/mol. The van der Waals surface area contributed by atoms with Crippen molar-refractivity contribution >= 4 is 40.7 Å². The average Bonchev–Trinajstić information content (AvgIpc) is 2.74. The van der Waals surface area contributed by atoms with E-state index in [-0.39, 0.29) is 35.8 Å². The molecule has 1 aliphatic carbocycles. The molecule has 1 aromatic rings. The van der Waals surface area contributed by atoms with E-state index in [0.717, 1.165) is 43.0 Å². The van der Waals surface area contributed by atoms with Gasteiger partial charge in [0.25, 0.3) is 0 Å². The first-order valence-corrected chi connectivity index (χ1v) is 11.1. The summed E-state index contributed by atoms with van der Waals surface area (Å²) in [5.41, 5.74) is 1.03. The molecule has 8 heteroatoms. The van der Waals surface area contributed by atoms with Crippen molar-refractivity contribution in [2.45, 2.75) is 50.4 Å². The molecular formula is C21H32IN3O3S. The lowest BCUT2D eigenvalue weighted by Gasteiger charge is -2.30. The minimum absolute atomic E-state index is 0. The van der Waals surface area contributed by atoms with E-state index in [4.69, 9.17) is 15.9 Å². The Kier molecular flexibility index (Phi) is 12.1. The van der Waals surface area contributed by atoms with Crippen LogP contribution in [0, 0.1) is 12.3 Å². The second kappa shape index (κ2) is 13.7. The number of rotatable bonds is 8. The van der Waals surface area contributed by atoms with Crippen LogP contribution >= 0.6 is 24.0 Å². The fourth-order valence-electron chi connectivity index (χ4n) is 3.39. The number of ether oxygens (including phenoxy) is 2. The SMILES string of the molecule is C#CCOc1cc(CNC(=NC)NC2CCCC(S(=O)CC)C2)ccc1OC.I. The number of hydrogen-bond donors (Lipinski definition) is 2. The lowest BCUT2D eigenvalue weighted by Crippen LogP contribution is -2.46. The van der Waals surface area contributed by atoms with Gasteiger partial charge in [0.15, 0.2) is 17.5 Å². The molecule has 1 aliphatic rings. The number of hydrogen-bond acceptors (Lipinski definition) is 4. The summed E-state index contributed by atoms with van der Waals surface area (Å²) in [5, 5.41) is 7.10. The molecule has 29 heavy (non-hydrogen) atoms. The summed E-state index contributed by atoms with van der Waals surface area (Å²) in [7, 11) is 2.63. The Balaban J connectivity index is 0.00000420. The molecule has 0 bridgehead atoms. The van der Waals surface area contributed by atoms with Crippen LogP contribution in [0.4, 0.5) is 0 Å². The third kappa shape index (κ3) is 8.05. The quantitative estimate of drug-likeness (QED) is 0.233. The maximum absolute atomic E-state index is 12.1. The third-order valence-corrected chi connectivity index (χ3v) is 6.59. The van der Waals surface area contributed by atoms with Gasteiger partial charge in [0.05, 0.1) is 7.11 Å². The lowest BCUT2D eigenvalue weighted by atomic mass is 9.95. The van der Waals surface area contributed by atoms with E-state index < -0.39 is 10.8 Å². The van der Waals surface area contributed by atoms with Crippen LogP contribution in [0.15, 0.2) is 23.2 Å². The smallest absolute Gasteiger partial charge is 0.191 e. The monoisotopic (exact) mass is 533 g/mol. The molecule has 0 aromatic heterocycles. The predicted molar refractivity (Wildman–Crippen MR) is 131 cm³/mol. The number of benzene rings is 1. The first-order valence-electron chi connectivity index (χ1n) is 9.68. The van der Waals surface area contributed by atoms with Gasteiger partial charge in [-0.05, 0) is 37.0 Å². The lowest BCUT2D eigenvalue weighted by molar-refractivity contribution is 0.330. The van der Waals surface area contributed by atoms with Gasteiger partial charge >= 0.3 is 0 Å². The molecule has 162 valence electrons. The Hall–Kier alpha value is -1.47. The average molecular weight is 533 g/mol. The van der Waals surface area contributed by atoms with Gasteiger partial charge in [-0.2, -0.15) is 0 Å². The molecule has 0 radical (unpaired) electrons. The van der Waals surface area contributed by atoms with E-state index in [0.29, 0.717) is 24.1 Å². The maximum Gasteiger partial charge on any atom is 0.191 e. The molecule has 0 aliphatic heterocycles. The van der Waals surface area contributed by atoms with Gasteiger partial charge in [-0.3, -0.25) is 9.20 Å². The Morgan fingerprint density at radius 2 is 2.17 bits per heavy atom. The van der Waals surface area contributed by atoms with Gasteiger partial charge in [0.2, 0.25) is 0 Å². The fraction of sp³-hybridized carbons (Fsp3) is 0.571. The Morgan fingerprint density at radius 1 is 1.38 bits per heavy atom. The van der Waals surface area contributed by atoms with Crippen molar-refractivity contribution in [3.63, 3.8) is 0 Å². The fourth-order valence-corrected chi connectivity index (χ4v) is 4.74. The second-order valence-electron chi connectivity index (χ2n) is 6.70. The number of nitrogens with zero attached hydrogens (tertiary/aromatic N) is 1. The van der Waals surface area contributed by atoms with Crippen molar-refractivity contribution in [3.8, 4) is 23.8 Å². The first kappa shape index (κ1) is 25.6. The molecule has 3 atom stereocenters. The van der Waals surface area contributed by atoms with E-state index in [1.54, 1.807) is 14.2 Å². The summed E-state index contributed by atoms with van der Waals surface area (Å²) in [6.45, 7) is 2.77. The highest BCUT2D eigenvalue weighted by Crippen LogP contribution is 2.28. The summed E-state index contributed by atoms with van der Waals surface area (Å²) >= 11 is 0. The van der Waals surface area contributed by atoms with Crippen LogP contribution in [0.2, 0.25) is 0 Å². The standard InChI is InChI=1S/C21H31N3O3S.HI/c1-5-12-27-20-13-16(10-11-19(20)26-4)15-23-21(22-3)24-17-8-7-9-18(14-17)28(25)6-2;/h1,10-11,13,17-18H,6-9,12,14-15H2,2-4H3,(H2,22,23,24);1H. The van der Waals surface area contributed by atoms with Crippen LogP contribution in [0.3, 0.4) is 0 Å². The molecule has 6 nitrogen and oxygen atoms in total. The molecule has 0 spiro atoms. The highest BCUT2D eigenvalue weighted by atomic mass is 127. The zero-order chi connectivity index (χ0) is 20.4. The highest BCUT2D eigenvalue weighted by Gasteiger charge is 2.26. The number of terminal acetylenes is 1. The highest BCUT2D eigenvalue weighted by molar-refractivity contribution is 14.0. The topological polar surface area (TPSA) is 72.0 Å². The van der Waals surface area contributed by atoms with E-state index in [1.807, 2.05) is 25.1 Å². The van der Waals surface area contributed by atoms with Gasteiger partial charge in [-0.25, -0.2) is 0 Å². The number of guanidine groups is 1. The van der Waals surface area contributed by atoms with Gasteiger partial charge in [0, 0.05) is 41.4 Å². The number of nitrogens with one attached hydrogen (secondary N) is 2. The van der Waals surface area contributed by atoms with Crippen LogP contribution in [-0.4, -0.2) is 48.0 Å². The van der Waals surface area contributed by atoms with Crippen molar-refractivity contribution in [3.05, 3.63) is 23.8 Å². The van der Waals surface area contributed by atoms with Crippen molar-refractivity contribution in [2.75, 3.05) is 26.5 Å². The molecule has 3 unspecified atom stereocenters.